The number of hydrogen-bond donors (Lipinski definition) is 1. The zero-order valence-corrected chi connectivity index (χ0v) is 16.2. The lowest BCUT2D eigenvalue weighted by molar-refractivity contribution is -0.146. The molecule has 0 radical (unpaired) electrons. The molecule has 4 rings (SSSR count). The molecule has 1 aromatic rings. The normalized spacial score (nSPS) is 35.5. The molecule has 1 heterocycles. The van der Waals surface area contributed by atoms with Crippen LogP contribution in [-0.2, 0) is 16.0 Å². The van der Waals surface area contributed by atoms with Crippen molar-refractivity contribution in [2.24, 2.45) is 23.2 Å². The summed E-state index contributed by atoms with van der Waals surface area (Å²) in [7, 11) is 0. The molecule has 4 heteroatoms. The molecule has 1 N–H and O–H groups in total. The number of benzene rings is 1. The number of rotatable bonds is 5. The van der Waals surface area contributed by atoms with Gasteiger partial charge in [0.25, 0.3) is 0 Å². The highest BCUT2D eigenvalue weighted by Gasteiger charge is 2.54. The highest BCUT2D eigenvalue weighted by Crippen LogP contribution is 2.56. The summed E-state index contributed by atoms with van der Waals surface area (Å²) in [6.07, 6.45) is 6.49. The Kier molecular flexibility index (Phi) is 5.11. The van der Waals surface area contributed by atoms with Crippen LogP contribution in [0.4, 0.5) is 4.39 Å². The molecule has 1 aromatic carbocycles. The molecule has 5 atom stereocenters. The van der Waals surface area contributed by atoms with Crippen LogP contribution < -0.4 is 5.32 Å². The SMILES string of the molecule is C=C1CCC[C@@]2(C)C[C@H]3OC(=O)[C@@H](CNCCc4ccc(F)cc4)[C@@H]3C[C@H]12. The van der Waals surface area contributed by atoms with Crippen LogP contribution in [0.25, 0.3) is 0 Å². The van der Waals surface area contributed by atoms with Crippen molar-refractivity contribution >= 4 is 5.97 Å². The standard InChI is InChI=1S/C23H30FNO2/c1-15-4-3-10-23(2)13-21-18(12-20(15)23)19(22(26)27-21)14-25-11-9-16-5-7-17(24)8-6-16/h5-8,18-21,25H,1,3-4,9-14H2,2H3/t18-,19-,20+,21+,23-/m0/s1. The summed E-state index contributed by atoms with van der Waals surface area (Å²) in [6.45, 7) is 8.15. The summed E-state index contributed by atoms with van der Waals surface area (Å²) in [6, 6.07) is 6.61. The summed E-state index contributed by atoms with van der Waals surface area (Å²) in [4.78, 5) is 12.5. The van der Waals surface area contributed by atoms with Gasteiger partial charge in [-0.2, -0.15) is 0 Å². The number of carbonyl (C=O) groups excluding carboxylic acids is 1. The third kappa shape index (κ3) is 3.69. The van der Waals surface area contributed by atoms with Gasteiger partial charge in [-0.05, 0) is 74.1 Å². The Morgan fingerprint density at radius 2 is 2.11 bits per heavy atom. The van der Waals surface area contributed by atoms with E-state index in [1.807, 2.05) is 12.1 Å². The lowest BCUT2D eigenvalue weighted by Crippen LogP contribution is -2.45. The molecule has 0 aromatic heterocycles. The Balaban J connectivity index is 1.34. The number of esters is 1. The summed E-state index contributed by atoms with van der Waals surface area (Å²) < 4.78 is 18.8. The van der Waals surface area contributed by atoms with E-state index in [-0.39, 0.29) is 29.2 Å². The van der Waals surface area contributed by atoms with Gasteiger partial charge in [-0.15, -0.1) is 0 Å². The maximum absolute atomic E-state index is 13.0. The lowest BCUT2D eigenvalue weighted by Gasteiger charge is -2.50. The minimum atomic E-state index is -0.208. The van der Waals surface area contributed by atoms with Gasteiger partial charge < -0.3 is 10.1 Å². The van der Waals surface area contributed by atoms with Crippen molar-refractivity contribution in [3.63, 3.8) is 0 Å². The first kappa shape index (κ1) is 18.7. The predicted octanol–water partition coefficient (Wildman–Crippen LogP) is 4.27. The highest BCUT2D eigenvalue weighted by atomic mass is 19.1. The maximum atomic E-state index is 13.0. The Labute approximate surface area is 161 Å². The average molecular weight is 371 g/mol. The van der Waals surface area contributed by atoms with E-state index in [1.165, 1.54) is 30.5 Å². The fourth-order valence-corrected chi connectivity index (χ4v) is 5.63. The van der Waals surface area contributed by atoms with Crippen molar-refractivity contribution in [2.75, 3.05) is 13.1 Å². The molecule has 3 nitrogen and oxygen atoms in total. The molecule has 0 amide bonds. The number of allylic oxidation sites excluding steroid dienone is 1. The molecule has 3 fully saturated rings. The molecular weight excluding hydrogens is 341 g/mol. The molecular formula is C23H30FNO2. The van der Waals surface area contributed by atoms with Crippen molar-refractivity contribution in [2.45, 2.75) is 51.6 Å². The van der Waals surface area contributed by atoms with Gasteiger partial charge in [0.05, 0.1) is 5.92 Å². The van der Waals surface area contributed by atoms with Crippen LogP contribution >= 0.6 is 0 Å². The van der Waals surface area contributed by atoms with Crippen molar-refractivity contribution in [1.29, 1.82) is 0 Å². The first-order valence-corrected chi connectivity index (χ1v) is 10.3. The summed E-state index contributed by atoms with van der Waals surface area (Å²) in [5.74, 6) is 0.544. The molecule has 1 saturated heterocycles. The van der Waals surface area contributed by atoms with Gasteiger partial charge in [0, 0.05) is 12.5 Å². The van der Waals surface area contributed by atoms with Gasteiger partial charge in [-0.1, -0.05) is 31.2 Å². The molecule has 146 valence electrons. The quantitative estimate of drug-likeness (QED) is 0.477. The average Bonchev–Trinajstić information content (AvgIpc) is 2.92. The fraction of sp³-hybridized carbons (Fsp3) is 0.609. The topological polar surface area (TPSA) is 38.3 Å². The first-order chi connectivity index (χ1) is 13.0. The minimum Gasteiger partial charge on any atom is -0.462 e. The van der Waals surface area contributed by atoms with E-state index in [0.717, 1.165) is 37.8 Å². The molecule has 2 saturated carbocycles. The third-order valence-corrected chi connectivity index (χ3v) is 7.19. The zero-order chi connectivity index (χ0) is 19.0. The molecule has 1 aliphatic heterocycles. The van der Waals surface area contributed by atoms with Crippen molar-refractivity contribution < 1.29 is 13.9 Å². The lowest BCUT2D eigenvalue weighted by atomic mass is 9.55. The van der Waals surface area contributed by atoms with Crippen LogP contribution in [0.3, 0.4) is 0 Å². The van der Waals surface area contributed by atoms with E-state index in [0.29, 0.717) is 18.4 Å². The van der Waals surface area contributed by atoms with E-state index in [4.69, 9.17) is 4.74 Å². The number of carbonyl (C=O) groups is 1. The number of fused-ring (bicyclic) bond motifs is 2. The Hall–Kier alpha value is -1.68. The molecule has 3 aliphatic rings. The van der Waals surface area contributed by atoms with Crippen molar-refractivity contribution in [3.05, 3.63) is 47.8 Å². The monoisotopic (exact) mass is 371 g/mol. The smallest absolute Gasteiger partial charge is 0.310 e. The predicted molar refractivity (Wildman–Crippen MR) is 104 cm³/mol. The minimum absolute atomic E-state index is 0.0351. The molecule has 0 bridgehead atoms. The Morgan fingerprint density at radius 1 is 1.33 bits per heavy atom. The maximum Gasteiger partial charge on any atom is 0.310 e. The van der Waals surface area contributed by atoms with Gasteiger partial charge >= 0.3 is 5.97 Å². The summed E-state index contributed by atoms with van der Waals surface area (Å²) in [5, 5.41) is 3.43. The van der Waals surface area contributed by atoms with Gasteiger partial charge in [-0.25, -0.2) is 4.39 Å². The van der Waals surface area contributed by atoms with E-state index < -0.39 is 0 Å². The number of ether oxygens (including phenoxy) is 1. The number of nitrogens with one attached hydrogen (secondary N) is 1. The van der Waals surface area contributed by atoms with Crippen LogP contribution in [0.1, 0.15) is 44.6 Å². The van der Waals surface area contributed by atoms with Crippen LogP contribution in [0.5, 0.6) is 0 Å². The van der Waals surface area contributed by atoms with Gasteiger partial charge in [0.15, 0.2) is 0 Å². The molecule has 0 unspecified atom stereocenters. The number of hydrogen-bond acceptors (Lipinski definition) is 3. The van der Waals surface area contributed by atoms with E-state index in [9.17, 15) is 9.18 Å². The molecule has 27 heavy (non-hydrogen) atoms. The van der Waals surface area contributed by atoms with Crippen LogP contribution in [0, 0.1) is 29.0 Å². The molecule has 2 aliphatic carbocycles. The number of halogens is 1. The van der Waals surface area contributed by atoms with Gasteiger partial charge in [-0.3, -0.25) is 4.79 Å². The second kappa shape index (κ2) is 7.38. The largest absolute Gasteiger partial charge is 0.462 e. The Bertz CT molecular complexity index is 716. The van der Waals surface area contributed by atoms with E-state index in [2.05, 4.69) is 18.8 Å². The second-order valence-electron chi connectivity index (χ2n) is 8.98. The highest BCUT2D eigenvalue weighted by molar-refractivity contribution is 5.75. The van der Waals surface area contributed by atoms with Gasteiger partial charge in [0.2, 0.25) is 0 Å². The van der Waals surface area contributed by atoms with Gasteiger partial charge in [0.1, 0.15) is 11.9 Å². The first-order valence-electron chi connectivity index (χ1n) is 10.3. The van der Waals surface area contributed by atoms with Crippen molar-refractivity contribution in [3.8, 4) is 0 Å². The summed E-state index contributed by atoms with van der Waals surface area (Å²) in [5.41, 5.74) is 2.73. The zero-order valence-electron chi connectivity index (χ0n) is 16.2. The molecule has 0 spiro atoms. The Morgan fingerprint density at radius 3 is 2.89 bits per heavy atom. The second-order valence-corrected chi connectivity index (χ2v) is 8.98. The van der Waals surface area contributed by atoms with Crippen molar-refractivity contribution in [1.82, 2.24) is 5.32 Å². The van der Waals surface area contributed by atoms with Crippen LogP contribution in [0.2, 0.25) is 0 Å². The van der Waals surface area contributed by atoms with Crippen LogP contribution in [0.15, 0.2) is 36.4 Å². The van der Waals surface area contributed by atoms with Crippen LogP contribution in [-0.4, -0.2) is 25.2 Å². The fourth-order valence-electron chi connectivity index (χ4n) is 5.63. The third-order valence-electron chi connectivity index (χ3n) is 7.19. The van der Waals surface area contributed by atoms with E-state index >= 15 is 0 Å². The summed E-state index contributed by atoms with van der Waals surface area (Å²) >= 11 is 0. The van der Waals surface area contributed by atoms with E-state index in [1.54, 1.807) is 0 Å².